The summed E-state index contributed by atoms with van der Waals surface area (Å²) < 4.78 is 32.1. The normalized spacial score (nSPS) is 11.4. The molecular weight excluding hydrogens is 566 g/mol. The van der Waals surface area contributed by atoms with Crippen LogP contribution in [0, 0.1) is 0 Å². The SMILES string of the molecule is C=CS(=O)(=O)CCNC(=O)c1ccc(-c2c3ccc(=[N+](CC)CC)cc-3oc3cc(N(CC)CC)ccc23)c(C(=O)[O-])c1. The van der Waals surface area contributed by atoms with Gasteiger partial charge in [0.1, 0.15) is 24.4 Å². The summed E-state index contributed by atoms with van der Waals surface area (Å²) in [6.45, 7) is 14.7. The van der Waals surface area contributed by atoms with Crippen LogP contribution in [0.4, 0.5) is 5.69 Å². The molecule has 0 bridgehead atoms. The second-order valence-electron chi connectivity index (χ2n) is 10.0. The van der Waals surface area contributed by atoms with Crippen molar-refractivity contribution < 1.29 is 27.5 Å². The number of carbonyl (C=O) groups excluding carboxylic acids is 2. The summed E-state index contributed by atoms with van der Waals surface area (Å²) in [5.41, 5.74) is 3.23. The lowest BCUT2D eigenvalue weighted by Gasteiger charge is -2.23. The molecule has 1 amide bonds. The molecule has 9 nitrogen and oxygen atoms in total. The van der Waals surface area contributed by atoms with Crippen molar-refractivity contribution in [1.29, 1.82) is 0 Å². The average molecular weight is 604 g/mol. The number of fused-ring (bicyclic) bond motifs is 2. The lowest BCUT2D eigenvalue weighted by Crippen LogP contribution is -2.29. The highest BCUT2D eigenvalue weighted by Gasteiger charge is 2.22. The molecule has 0 saturated carbocycles. The van der Waals surface area contributed by atoms with Gasteiger partial charge in [0, 0.05) is 70.5 Å². The van der Waals surface area contributed by atoms with Crippen molar-refractivity contribution in [3.05, 3.63) is 83.1 Å². The molecule has 4 rings (SSSR count). The quantitative estimate of drug-likeness (QED) is 0.194. The maximum absolute atomic E-state index is 12.8. The van der Waals surface area contributed by atoms with E-state index in [0.717, 1.165) is 42.6 Å². The molecule has 0 unspecified atom stereocenters. The Kier molecular flexibility index (Phi) is 9.70. The van der Waals surface area contributed by atoms with Crippen LogP contribution in [0.1, 0.15) is 48.4 Å². The fourth-order valence-corrected chi connectivity index (χ4v) is 5.85. The van der Waals surface area contributed by atoms with E-state index in [1.165, 1.54) is 12.1 Å². The molecule has 10 heteroatoms. The third-order valence-electron chi connectivity index (χ3n) is 7.64. The second kappa shape index (κ2) is 13.2. The smallest absolute Gasteiger partial charge is 0.251 e. The molecule has 0 fully saturated rings. The van der Waals surface area contributed by atoms with E-state index in [1.54, 1.807) is 6.07 Å². The Balaban J connectivity index is 1.94. The van der Waals surface area contributed by atoms with Crippen LogP contribution in [0.5, 0.6) is 0 Å². The molecule has 2 aliphatic rings. The Hall–Kier alpha value is -4.44. The maximum Gasteiger partial charge on any atom is 0.251 e. The third kappa shape index (κ3) is 6.64. The van der Waals surface area contributed by atoms with Gasteiger partial charge in [-0.05, 0) is 63.6 Å². The average Bonchev–Trinajstić information content (AvgIpc) is 3.00. The van der Waals surface area contributed by atoms with E-state index in [2.05, 4.69) is 49.1 Å². The Labute approximate surface area is 252 Å². The summed E-state index contributed by atoms with van der Waals surface area (Å²) in [5, 5.41) is 17.6. The molecule has 0 aromatic heterocycles. The molecule has 226 valence electrons. The predicted octanol–water partition coefficient (Wildman–Crippen LogP) is 3.51. The van der Waals surface area contributed by atoms with Gasteiger partial charge in [-0.3, -0.25) is 4.79 Å². The minimum atomic E-state index is -3.50. The van der Waals surface area contributed by atoms with Crippen LogP contribution < -0.4 is 25.3 Å². The molecule has 0 saturated heterocycles. The summed E-state index contributed by atoms with van der Waals surface area (Å²) in [7, 11) is -3.50. The first-order valence-corrected chi connectivity index (χ1v) is 16.1. The zero-order chi connectivity index (χ0) is 31.3. The molecule has 1 N–H and O–H groups in total. The number of sulfone groups is 1. The molecule has 2 aromatic rings. The molecule has 1 aliphatic carbocycles. The lowest BCUT2D eigenvalue weighted by molar-refractivity contribution is -0.254. The number of carboxylic acid groups (broad SMARTS) is 1. The molecule has 2 aromatic carbocycles. The van der Waals surface area contributed by atoms with E-state index >= 15 is 0 Å². The van der Waals surface area contributed by atoms with Crippen molar-refractivity contribution in [2.45, 2.75) is 27.7 Å². The summed E-state index contributed by atoms with van der Waals surface area (Å²) >= 11 is 0. The minimum absolute atomic E-state index is 0.0702. The van der Waals surface area contributed by atoms with Crippen LogP contribution in [0.2, 0.25) is 0 Å². The Morgan fingerprint density at radius 2 is 1.67 bits per heavy atom. The van der Waals surface area contributed by atoms with Crippen molar-refractivity contribution in [2.75, 3.05) is 43.4 Å². The zero-order valence-corrected chi connectivity index (χ0v) is 25.8. The molecule has 0 radical (unpaired) electrons. The van der Waals surface area contributed by atoms with E-state index in [0.29, 0.717) is 33.4 Å². The highest BCUT2D eigenvalue weighted by atomic mass is 32.2. The van der Waals surface area contributed by atoms with Crippen molar-refractivity contribution in [3.63, 3.8) is 0 Å². The lowest BCUT2D eigenvalue weighted by atomic mass is 9.89. The number of nitrogens with zero attached hydrogens (tertiary/aromatic N) is 2. The van der Waals surface area contributed by atoms with Crippen LogP contribution in [-0.2, 0) is 9.84 Å². The highest BCUT2D eigenvalue weighted by molar-refractivity contribution is 7.94. The molecule has 1 heterocycles. The number of aromatic carboxylic acids is 1. The number of anilines is 1. The fraction of sp³-hybridized carbons (Fsp3) is 0.303. The van der Waals surface area contributed by atoms with Crippen LogP contribution in [0.15, 0.2) is 71.0 Å². The number of amides is 1. The Bertz CT molecular complexity index is 1830. The third-order valence-corrected chi connectivity index (χ3v) is 8.92. The Morgan fingerprint density at radius 3 is 2.30 bits per heavy atom. The molecule has 0 spiro atoms. The first-order chi connectivity index (χ1) is 20.6. The number of hydrogen-bond acceptors (Lipinski definition) is 7. The topological polar surface area (TPSA) is 123 Å². The van der Waals surface area contributed by atoms with Gasteiger partial charge in [-0.15, -0.1) is 0 Å². The number of nitrogens with one attached hydrogen (secondary N) is 1. The fourth-order valence-electron chi connectivity index (χ4n) is 5.29. The van der Waals surface area contributed by atoms with Crippen molar-refractivity contribution in [1.82, 2.24) is 9.89 Å². The standard InChI is InChI=1S/C33H37N3O6S/c1-6-35(7-2)23-12-15-26-29(20-23)42-30-21-24(36(8-3)9-4)13-16-27(30)31(26)25-14-11-22(19-28(25)33(38)39)32(37)34-17-18-43(40,41)10-5/h10-16,19-21H,5-9,17-18H2,1-4H3,(H-,34,37,38,39). The minimum Gasteiger partial charge on any atom is -0.545 e. The van der Waals surface area contributed by atoms with E-state index in [-0.39, 0.29) is 23.4 Å². The van der Waals surface area contributed by atoms with Crippen molar-refractivity contribution in [3.8, 4) is 22.5 Å². The van der Waals surface area contributed by atoms with Gasteiger partial charge in [0.25, 0.3) is 5.91 Å². The van der Waals surface area contributed by atoms with Gasteiger partial charge in [-0.2, -0.15) is 0 Å². The first kappa shape index (κ1) is 31.5. The van der Waals surface area contributed by atoms with Gasteiger partial charge in [-0.1, -0.05) is 12.6 Å². The first-order valence-electron chi connectivity index (χ1n) is 14.4. The van der Waals surface area contributed by atoms with E-state index in [9.17, 15) is 23.1 Å². The van der Waals surface area contributed by atoms with Gasteiger partial charge in [-0.25, -0.2) is 13.0 Å². The number of carbonyl (C=O) groups is 2. The van der Waals surface area contributed by atoms with Gasteiger partial charge >= 0.3 is 0 Å². The number of carboxylic acids is 1. The van der Waals surface area contributed by atoms with Crippen LogP contribution >= 0.6 is 0 Å². The largest absolute Gasteiger partial charge is 0.545 e. The van der Waals surface area contributed by atoms with E-state index in [4.69, 9.17) is 4.42 Å². The Morgan fingerprint density at radius 1 is 0.977 bits per heavy atom. The van der Waals surface area contributed by atoms with Crippen LogP contribution in [-0.4, -0.2) is 58.8 Å². The van der Waals surface area contributed by atoms with Crippen LogP contribution in [0.3, 0.4) is 0 Å². The van der Waals surface area contributed by atoms with Gasteiger partial charge < -0.3 is 24.5 Å². The van der Waals surface area contributed by atoms with E-state index < -0.39 is 21.7 Å². The van der Waals surface area contributed by atoms with Gasteiger partial charge in [0.15, 0.2) is 9.84 Å². The number of benzene rings is 3. The summed E-state index contributed by atoms with van der Waals surface area (Å²) in [5.74, 6) is -1.76. The molecule has 43 heavy (non-hydrogen) atoms. The van der Waals surface area contributed by atoms with Crippen LogP contribution in [0.25, 0.3) is 33.4 Å². The number of rotatable bonds is 12. The summed E-state index contributed by atoms with van der Waals surface area (Å²) in [4.78, 5) is 27.5. The summed E-state index contributed by atoms with van der Waals surface area (Å²) in [6, 6.07) is 16.1. The van der Waals surface area contributed by atoms with E-state index in [1.807, 2.05) is 36.4 Å². The monoisotopic (exact) mass is 603 g/mol. The second-order valence-corrected chi connectivity index (χ2v) is 12.1. The maximum atomic E-state index is 12.8. The molecular formula is C33H37N3O6S. The molecule has 1 aliphatic heterocycles. The summed E-state index contributed by atoms with van der Waals surface area (Å²) in [6.07, 6.45) is 0. The van der Waals surface area contributed by atoms with Gasteiger partial charge in [0.2, 0.25) is 5.36 Å². The number of hydrogen-bond donors (Lipinski definition) is 1. The predicted molar refractivity (Wildman–Crippen MR) is 169 cm³/mol. The highest BCUT2D eigenvalue weighted by Crippen LogP contribution is 2.42. The zero-order valence-electron chi connectivity index (χ0n) is 25.0. The molecule has 0 atom stereocenters. The van der Waals surface area contributed by atoms with Gasteiger partial charge in [0.05, 0.1) is 17.8 Å². The van der Waals surface area contributed by atoms with Crippen molar-refractivity contribution >= 4 is 38.4 Å². The van der Waals surface area contributed by atoms with Crippen molar-refractivity contribution in [2.24, 2.45) is 0 Å².